The highest BCUT2D eigenvalue weighted by molar-refractivity contribution is 6.27. The Morgan fingerprint density at radius 1 is 1.00 bits per heavy atom. The summed E-state index contributed by atoms with van der Waals surface area (Å²) in [4.78, 5) is 12.0. The van der Waals surface area contributed by atoms with E-state index in [1.807, 2.05) is 0 Å². The van der Waals surface area contributed by atoms with Crippen molar-refractivity contribution < 1.29 is 19.0 Å². The molecule has 0 atom stereocenters. The van der Waals surface area contributed by atoms with Gasteiger partial charge in [-0.3, -0.25) is 0 Å². The smallest absolute Gasteiger partial charge is 0.339 e. The fourth-order valence-electron chi connectivity index (χ4n) is 2.35. The fraction of sp³-hybridized carbons (Fsp3) is 0.118. The molecule has 0 saturated heterocycles. The van der Waals surface area contributed by atoms with Gasteiger partial charge in [0, 0.05) is 5.57 Å². The summed E-state index contributed by atoms with van der Waals surface area (Å²) in [7, 11) is 0. The number of cyclic esters (lactones) is 1. The predicted molar refractivity (Wildman–Crippen MR) is 76.5 cm³/mol. The first-order valence-electron chi connectivity index (χ1n) is 6.55. The molecule has 0 bridgehead atoms. The molecule has 1 heterocycles. The normalized spacial score (nSPS) is 14.5. The third kappa shape index (κ3) is 2.58. The van der Waals surface area contributed by atoms with Gasteiger partial charge in [0.05, 0.1) is 12.2 Å². The summed E-state index contributed by atoms with van der Waals surface area (Å²) >= 11 is 0. The summed E-state index contributed by atoms with van der Waals surface area (Å²) in [6, 6.07) is 13.1. The summed E-state index contributed by atoms with van der Waals surface area (Å²) in [5.74, 6) is -0.704. The number of hydrogen-bond donors (Lipinski definition) is 1. The molecule has 3 rings (SSSR count). The number of esters is 1. The zero-order valence-corrected chi connectivity index (χ0v) is 11.2. The van der Waals surface area contributed by atoms with Crippen molar-refractivity contribution in [2.75, 3.05) is 6.61 Å². The number of halogens is 1. The second kappa shape index (κ2) is 5.50. The molecule has 4 heteroatoms. The summed E-state index contributed by atoms with van der Waals surface area (Å²) < 4.78 is 18.1. The largest absolute Gasteiger partial charge is 0.457 e. The molecule has 0 aliphatic carbocycles. The number of carbonyl (C=O) groups is 1. The lowest BCUT2D eigenvalue weighted by atomic mass is 9.96. The molecule has 3 nitrogen and oxygen atoms in total. The average Bonchev–Trinajstić information content (AvgIpc) is 2.90. The van der Waals surface area contributed by atoms with Gasteiger partial charge in [0.15, 0.2) is 0 Å². The van der Waals surface area contributed by atoms with Gasteiger partial charge in [-0.2, -0.15) is 0 Å². The van der Waals surface area contributed by atoms with Gasteiger partial charge in [-0.15, -0.1) is 0 Å². The van der Waals surface area contributed by atoms with E-state index in [1.54, 1.807) is 36.4 Å². The molecule has 0 saturated carbocycles. The van der Waals surface area contributed by atoms with Crippen molar-refractivity contribution in [3.05, 3.63) is 71.0 Å². The molecule has 0 spiro atoms. The topological polar surface area (TPSA) is 46.5 Å². The van der Waals surface area contributed by atoms with Gasteiger partial charge in [0.2, 0.25) is 0 Å². The first kappa shape index (κ1) is 13.5. The van der Waals surface area contributed by atoms with Crippen LogP contribution in [0.2, 0.25) is 0 Å². The second-order valence-corrected chi connectivity index (χ2v) is 4.79. The van der Waals surface area contributed by atoms with Gasteiger partial charge in [-0.1, -0.05) is 36.4 Å². The Morgan fingerprint density at radius 2 is 1.62 bits per heavy atom. The van der Waals surface area contributed by atoms with E-state index in [9.17, 15) is 9.18 Å². The lowest BCUT2D eigenvalue weighted by Gasteiger charge is -2.05. The Morgan fingerprint density at radius 3 is 2.24 bits per heavy atom. The number of carbonyl (C=O) groups excluding carboxylic acids is 1. The lowest BCUT2D eigenvalue weighted by Crippen LogP contribution is -1.98. The minimum absolute atomic E-state index is 0.0470. The average molecular weight is 284 g/mol. The fourth-order valence-corrected chi connectivity index (χ4v) is 2.35. The van der Waals surface area contributed by atoms with E-state index in [4.69, 9.17) is 9.84 Å². The molecule has 0 radical (unpaired) electrons. The number of ether oxygens (including phenoxy) is 1. The number of benzene rings is 2. The van der Waals surface area contributed by atoms with Crippen molar-refractivity contribution in [1.29, 1.82) is 0 Å². The summed E-state index contributed by atoms with van der Waals surface area (Å²) in [5.41, 5.74) is 3.51. The second-order valence-electron chi connectivity index (χ2n) is 4.79. The summed E-state index contributed by atoms with van der Waals surface area (Å²) in [6.45, 7) is 0.135. The highest BCUT2D eigenvalue weighted by Crippen LogP contribution is 2.33. The van der Waals surface area contributed by atoms with Crippen molar-refractivity contribution in [3.8, 4) is 0 Å². The van der Waals surface area contributed by atoms with E-state index >= 15 is 0 Å². The van der Waals surface area contributed by atoms with E-state index in [0.717, 1.165) is 22.3 Å². The standard InChI is InChI=1S/C17H13FO3/c18-14-7-5-12(6-8-14)15-10-21-17(20)16(15)13-3-1-11(9-19)2-4-13/h1-8,19H,9-10H2. The maximum atomic E-state index is 13.0. The highest BCUT2D eigenvalue weighted by atomic mass is 19.1. The van der Waals surface area contributed by atoms with Gasteiger partial charge >= 0.3 is 5.97 Å². The Kier molecular flexibility index (Phi) is 3.54. The van der Waals surface area contributed by atoms with Gasteiger partial charge in [0.1, 0.15) is 12.4 Å². The SMILES string of the molecule is O=C1OCC(c2ccc(F)cc2)=C1c1ccc(CO)cc1. The molecule has 106 valence electrons. The van der Waals surface area contributed by atoms with Crippen LogP contribution in [0, 0.1) is 5.82 Å². The number of hydrogen-bond acceptors (Lipinski definition) is 3. The van der Waals surface area contributed by atoms with Gasteiger partial charge < -0.3 is 9.84 Å². The van der Waals surface area contributed by atoms with Crippen molar-refractivity contribution in [1.82, 2.24) is 0 Å². The molecular weight excluding hydrogens is 271 g/mol. The third-order valence-electron chi connectivity index (χ3n) is 3.47. The molecule has 2 aromatic rings. The van der Waals surface area contributed by atoms with Crippen LogP contribution in [0.5, 0.6) is 0 Å². The Labute approximate surface area is 121 Å². The number of rotatable bonds is 3. The predicted octanol–water partition coefficient (Wildman–Crippen LogP) is 2.79. The van der Waals surface area contributed by atoms with Crippen LogP contribution in [0.25, 0.3) is 11.1 Å². The van der Waals surface area contributed by atoms with Crippen LogP contribution in [0.15, 0.2) is 48.5 Å². The zero-order valence-electron chi connectivity index (χ0n) is 11.2. The van der Waals surface area contributed by atoms with Crippen molar-refractivity contribution in [2.45, 2.75) is 6.61 Å². The minimum Gasteiger partial charge on any atom is -0.457 e. The lowest BCUT2D eigenvalue weighted by molar-refractivity contribution is -0.133. The van der Waals surface area contributed by atoms with Crippen LogP contribution in [0.3, 0.4) is 0 Å². The number of aliphatic hydroxyl groups is 1. The van der Waals surface area contributed by atoms with Crippen molar-refractivity contribution in [2.24, 2.45) is 0 Å². The molecule has 1 aliphatic heterocycles. The number of aliphatic hydroxyl groups excluding tert-OH is 1. The molecule has 1 N–H and O–H groups in total. The van der Waals surface area contributed by atoms with Crippen LogP contribution >= 0.6 is 0 Å². The van der Waals surface area contributed by atoms with E-state index in [0.29, 0.717) is 5.57 Å². The van der Waals surface area contributed by atoms with E-state index < -0.39 is 0 Å². The molecule has 1 aliphatic rings. The summed E-state index contributed by atoms with van der Waals surface area (Å²) in [6.07, 6.45) is 0. The van der Waals surface area contributed by atoms with Crippen LogP contribution in [0.1, 0.15) is 16.7 Å². The minimum atomic E-state index is -0.383. The molecule has 2 aromatic carbocycles. The van der Waals surface area contributed by atoms with E-state index in [1.165, 1.54) is 12.1 Å². The van der Waals surface area contributed by atoms with E-state index in [-0.39, 0.29) is 25.0 Å². The Hall–Kier alpha value is -2.46. The monoisotopic (exact) mass is 284 g/mol. The highest BCUT2D eigenvalue weighted by Gasteiger charge is 2.27. The molecule has 0 fully saturated rings. The molecule has 21 heavy (non-hydrogen) atoms. The van der Waals surface area contributed by atoms with Crippen LogP contribution in [-0.4, -0.2) is 17.7 Å². The van der Waals surface area contributed by atoms with Crippen LogP contribution < -0.4 is 0 Å². The molecule has 0 amide bonds. The first-order valence-corrected chi connectivity index (χ1v) is 6.55. The van der Waals surface area contributed by atoms with Gasteiger partial charge in [-0.05, 0) is 28.8 Å². The van der Waals surface area contributed by atoms with Crippen molar-refractivity contribution >= 4 is 17.1 Å². The maximum absolute atomic E-state index is 13.0. The third-order valence-corrected chi connectivity index (χ3v) is 3.47. The van der Waals surface area contributed by atoms with Gasteiger partial charge in [-0.25, -0.2) is 9.18 Å². The van der Waals surface area contributed by atoms with E-state index in [2.05, 4.69) is 0 Å². The first-order chi connectivity index (χ1) is 10.2. The van der Waals surface area contributed by atoms with Gasteiger partial charge in [0.25, 0.3) is 0 Å². The molecule has 0 aromatic heterocycles. The Bertz CT molecular complexity index is 700. The van der Waals surface area contributed by atoms with Crippen LogP contribution in [-0.2, 0) is 16.1 Å². The van der Waals surface area contributed by atoms with Crippen LogP contribution in [0.4, 0.5) is 4.39 Å². The zero-order chi connectivity index (χ0) is 14.8. The quantitative estimate of drug-likeness (QED) is 0.882. The molecular formula is C17H13FO3. The maximum Gasteiger partial charge on any atom is 0.339 e. The van der Waals surface area contributed by atoms with Crippen molar-refractivity contribution in [3.63, 3.8) is 0 Å². The molecule has 0 unspecified atom stereocenters. The Balaban J connectivity index is 2.07. The summed E-state index contributed by atoms with van der Waals surface area (Å²) in [5, 5.41) is 9.06.